The van der Waals surface area contributed by atoms with Crippen molar-refractivity contribution >= 4 is 33.4 Å². The summed E-state index contributed by atoms with van der Waals surface area (Å²) in [6, 6.07) is 5.72. The minimum Gasteiger partial charge on any atom is -0.342 e. The maximum absolute atomic E-state index is 12.5. The number of hydrogen-bond donors (Lipinski definition) is 1. The van der Waals surface area contributed by atoms with E-state index in [2.05, 4.69) is 35.1 Å². The van der Waals surface area contributed by atoms with Gasteiger partial charge in [-0.3, -0.25) is 9.59 Å². The van der Waals surface area contributed by atoms with Gasteiger partial charge < -0.3 is 10.2 Å². The Hall–Kier alpha value is -1.36. The molecule has 0 radical (unpaired) electrons. The molecule has 0 bridgehead atoms. The van der Waals surface area contributed by atoms with E-state index in [0.717, 1.165) is 41.7 Å². The fourth-order valence-electron chi connectivity index (χ4n) is 2.82. The van der Waals surface area contributed by atoms with Crippen LogP contribution in [0.25, 0.3) is 0 Å². The van der Waals surface area contributed by atoms with Crippen LogP contribution < -0.4 is 5.32 Å². The van der Waals surface area contributed by atoms with Crippen molar-refractivity contribution in [3.8, 4) is 0 Å². The summed E-state index contributed by atoms with van der Waals surface area (Å²) in [5.74, 6) is -0.217. The molecule has 0 heterocycles. The molecular formula is C18H25BrN2O2. The van der Waals surface area contributed by atoms with E-state index in [1.165, 1.54) is 0 Å². The lowest BCUT2D eigenvalue weighted by Crippen LogP contribution is -2.34. The third-order valence-corrected chi connectivity index (χ3v) is 5.06. The van der Waals surface area contributed by atoms with Crippen molar-refractivity contribution in [2.24, 2.45) is 11.8 Å². The first-order valence-electron chi connectivity index (χ1n) is 8.33. The number of rotatable bonds is 7. The summed E-state index contributed by atoms with van der Waals surface area (Å²) in [5, 5.41) is 2.93. The van der Waals surface area contributed by atoms with Crippen LogP contribution in [0.15, 0.2) is 22.7 Å². The van der Waals surface area contributed by atoms with Crippen LogP contribution in [0.1, 0.15) is 38.7 Å². The first-order chi connectivity index (χ1) is 11.0. The quantitative estimate of drug-likeness (QED) is 0.777. The van der Waals surface area contributed by atoms with Gasteiger partial charge in [-0.25, -0.2) is 0 Å². The van der Waals surface area contributed by atoms with E-state index in [4.69, 9.17) is 0 Å². The van der Waals surface area contributed by atoms with Crippen LogP contribution in [0.3, 0.4) is 0 Å². The normalized spacial score (nSPS) is 19.3. The Kier molecular flexibility index (Phi) is 6.22. The fourth-order valence-corrected chi connectivity index (χ4v) is 3.07. The highest BCUT2D eigenvalue weighted by atomic mass is 79.9. The highest BCUT2D eigenvalue weighted by molar-refractivity contribution is 9.10. The Morgan fingerprint density at radius 2 is 1.87 bits per heavy atom. The first kappa shape index (κ1) is 18.0. The average Bonchev–Trinajstić information content (AvgIpc) is 3.31. The van der Waals surface area contributed by atoms with Crippen LogP contribution in [0, 0.1) is 18.8 Å². The summed E-state index contributed by atoms with van der Waals surface area (Å²) in [7, 11) is 0. The smallest absolute Gasteiger partial charge is 0.228 e. The Morgan fingerprint density at radius 1 is 1.22 bits per heavy atom. The summed E-state index contributed by atoms with van der Waals surface area (Å²) in [6.07, 6.45) is 2.57. The van der Waals surface area contributed by atoms with Crippen molar-refractivity contribution in [3.63, 3.8) is 0 Å². The monoisotopic (exact) mass is 380 g/mol. The summed E-state index contributed by atoms with van der Waals surface area (Å²) in [6.45, 7) is 7.69. The minimum atomic E-state index is -0.178. The lowest BCUT2D eigenvalue weighted by atomic mass is 10.2. The predicted octanol–water partition coefficient (Wildman–Crippen LogP) is 3.98. The van der Waals surface area contributed by atoms with Gasteiger partial charge in [-0.2, -0.15) is 0 Å². The molecule has 1 aromatic rings. The van der Waals surface area contributed by atoms with Gasteiger partial charge >= 0.3 is 0 Å². The van der Waals surface area contributed by atoms with Gasteiger partial charge in [-0.15, -0.1) is 0 Å². The van der Waals surface area contributed by atoms with Crippen molar-refractivity contribution in [2.75, 3.05) is 18.4 Å². The summed E-state index contributed by atoms with van der Waals surface area (Å²) < 4.78 is 1.02. The number of nitrogens with one attached hydrogen (secondary N) is 1. The second-order valence-corrected chi connectivity index (χ2v) is 7.08. The van der Waals surface area contributed by atoms with E-state index >= 15 is 0 Å². The summed E-state index contributed by atoms with van der Waals surface area (Å²) >= 11 is 3.45. The van der Waals surface area contributed by atoms with Gasteiger partial charge in [0, 0.05) is 23.2 Å². The van der Waals surface area contributed by atoms with Gasteiger partial charge in [-0.1, -0.05) is 29.8 Å². The number of carbonyl (C=O) groups excluding carboxylic acids is 2. The van der Waals surface area contributed by atoms with E-state index in [9.17, 15) is 9.59 Å². The molecule has 1 aromatic carbocycles. The molecule has 0 spiro atoms. The standard InChI is InChI=1S/C18H25BrN2O2/c1-4-8-21(9-5-2)18(23)15-11-14(15)17(22)20-13-6-7-16(19)12(3)10-13/h6-7,10,14-15H,4-5,8-9,11H2,1-3H3,(H,20,22). The number of halogens is 1. The molecule has 2 rings (SSSR count). The predicted molar refractivity (Wildman–Crippen MR) is 96.3 cm³/mol. The molecule has 0 aromatic heterocycles. The van der Waals surface area contributed by atoms with E-state index in [0.29, 0.717) is 6.42 Å². The molecule has 126 valence electrons. The molecule has 4 nitrogen and oxygen atoms in total. The van der Waals surface area contributed by atoms with Gasteiger partial charge in [0.25, 0.3) is 0 Å². The largest absolute Gasteiger partial charge is 0.342 e. The molecular weight excluding hydrogens is 356 g/mol. The van der Waals surface area contributed by atoms with Crippen molar-refractivity contribution in [1.82, 2.24) is 4.90 Å². The highest BCUT2D eigenvalue weighted by Crippen LogP contribution is 2.41. The molecule has 23 heavy (non-hydrogen) atoms. The molecule has 0 saturated heterocycles. The Balaban J connectivity index is 1.92. The van der Waals surface area contributed by atoms with Crippen LogP contribution in [-0.2, 0) is 9.59 Å². The molecule has 1 aliphatic carbocycles. The molecule has 1 aliphatic rings. The van der Waals surface area contributed by atoms with E-state index < -0.39 is 0 Å². The highest BCUT2D eigenvalue weighted by Gasteiger charge is 2.49. The molecule has 1 N–H and O–H groups in total. The maximum atomic E-state index is 12.5. The number of benzene rings is 1. The summed E-state index contributed by atoms with van der Waals surface area (Å²) in [4.78, 5) is 26.7. The lowest BCUT2D eigenvalue weighted by molar-refractivity contribution is -0.134. The van der Waals surface area contributed by atoms with Crippen LogP contribution in [0.5, 0.6) is 0 Å². The third-order valence-electron chi connectivity index (χ3n) is 4.17. The molecule has 5 heteroatoms. The molecule has 0 aliphatic heterocycles. The second-order valence-electron chi connectivity index (χ2n) is 6.23. The first-order valence-corrected chi connectivity index (χ1v) is 9.13. The molecule has 1 fully saturated rings. The Labute approximate surface area is 146 Å². The van der Waals surface area contributed by atoms with Gasteiger partial charge in [0.15, 0.2) is 0 Å². The van der Waals surface area contributed by atoms with Crippen molar-refractivity contribution in [2.45, 2.75) is 40.0 Å². The number of aryl methyl sites for hydroxylation is 1. The Bertz CT molecular complexity index is 582. The van der Waals surface area contributed by atoms with Crippen LogP contribution in [0.2, 0.25) is 0 Å². The topological polar surface area (TPSA) is 49.4 Å². The number of amides is 2. The summed E-state index contributed by atoms with van der Waals surface area (Å²) in [5.41, 5.74) is 1.86. The number of carbonyl (C=O) groups is 2. The molecule has 1 saturated carbocycles. The van der Waals surface area contributed by atoms with Crippen LogP contribution in [-0.4, -0.2) is 29.8 Å². The van der Waals surface area contributed by atoms with E-state index in [-0.39, 0.29) is 23.7 Å². The molecule has 2 atom stereocenters. The number of hydrogen-bond acceptors (Lipinski definition) is 2. The molecule has 2 amide bonds. The van der Waals surface area contributed by atoms with Crippen molar-refractivity contribution < 1.29 is 9.59 Å². The lowest BCUT2D eigenvalue weighted by Gasteiger charge is -2.21. The SMILES string of the molecule is CCCN(CCC)C(=O)C1CC1C(=O)Nc1ccc(Br)c(C)c1. The van der Waals surface area contributed by atoms with Gasteiger partial charge in [0.05, 0.1) is 11.8 Å². The molecule has 2 unspecified atom stereocenters. The number of nitrogens with zero attached hydrogens (tertiary/aromatic N) is 1. The minimum absolute atomic E-state index is 0.0435. The van der Waals surface area contributed by atoms with Crippen molar-refractivity contribution in [1.29, 1.82) is 0 Å². The van der Waals surface area contributed by atoms with Gasteiger partial charge in [0.1, 0.15) is 0 Å². The van der Waals surface area contributed by atoms with Gasteiger partial charge in [-0.05, 0) is 49.9 Å². The number of anilines is 1. The average molecular weight is 381 g/mol. The van der Waals surface area contributed by atoms with Crippen molar-refractivity contribution in [3.05, 3.63) is 28.2 Å². The van der Waals surface area contributed by atoms with E-state index in [1.54, 1.807) is 0 Å². The maximum Gasteiger partial charge on any atom is 0.228 e. The van der Waals surface area contributed by atoms with Gasteiger partial charge in [0.2, 0.25) is 11.8 Å². The zero-order chi connectivity index (χ0) is 17.0. The zero-order valence-electron chi connectivity index (χ0n) is 14.1. The fraction of sp³-hybridized carbons (Fsp3) is 0.556. The zero-order valence-corrected chi connectivity index (χ0v) is 15.6. The third kappa shape index (κ3) is 4.56. The van der Waals surface area contributed by atoms with E-state index in [1.807, 2.05) is 30.0 Å². The van der Waals surface area contributed by atoms with Crippen LogP contribution >= 0.6 is 15.9 Å². The Morgan fingerprint density at radius 3 is 2.43 bits per heavy atom. The second kappa shape index (κ2) is 7.95. The van der Waals surface area contributed by atoms with Crippen LogP contribution in [0.4, 0.5) is 5.69 Å².